The van der Waals surface area contributed by atoms with Crippen molar-refractivity contribution in [2.45, 2.75) is 26.9 Å². The number of aliphatic imine (C=N–C) groups is 1. The number of ether oxygens (including phenoxy) is 1. The molecule has 0 aliphatic rings. The van der Waals surface area contributed by atoms with Gasteiger partial charge >= 0.3 is 0 Å². The molecule has 0 saturated heterocycles. The zero-order valence-electron chi connectivity index (χ0n) is 16.1. The fraction of sp³-hybridized carbons (Fsp3) is 0.273. The molecule has 0 spiro atoms. The summed E-state index contributed by atoms with van der Waals surface area (Å²) in [7, 11) is 1.99. The highest BCUT2D eigenvalue weighted by atomic mass is 79.9. The summed E-state index contributed by atoms with van der Waals surface area (Å²) in [5, 5.41) is 2.43. The van der Waals surface area contributed by atoms with Crippen LogP contribution in [0, 0.1) is 6.92 Å². The molecule has 0 N–H and O–H groups in total. The fourth-order valence-electron chi connectivity index (χ4n) is 2.70. The number of rotatable bonds is 6. The summed E-state index contributed by atoms with van der Waals surface area (Å²) in [6, 6.07) is 16.7. The van der Waals surface area contributed by atoms with Crippen molar-refractivity contribution in [3.8, 4) is 5.88 Å². The van der Waals surface area contributed by atoms with Gasteiger partial charge in [-0.25, -0.2) is 9.98 Å². The number of nitrogens with zero attached hydrogens (tertiary/aromatic N) is 3. The van der Waals surface area contributed by atoms with Crippen LogP contribution in [0.2, 0.25) is 0 Å². The minimum Gasteiger partial charge on any atom is -0.469 e. The third-order valence-electron chi connectivity index (χ3n) is 4.53. The molecule has 1 unspecified atom stereocenters. The van der Waals surface area contributed by atoms with Gasteiger partial charge in [-0.3, -0.25) is 0 Å². The number of benzene rings is 2. The summed E-state index contributed by atoms with van der Waals surface area (Å²) in [6.07, 6.45) is 1.70. The zero-order valence-corrected chi connectivity index (χ0v) is 17.7. The number of aryl methyl sites for hydroxylation is 1. The Morgan fingerprint density at radius 3 is 2.67 bits per heavy atom. The van der Waals surface area contributed by atoms with Crippen LogP contribution in [-0.2, 0) is 0 Å². The molecular weight excluding hydrogens is 402 g/mol. The van der Waals surface area contributed by atoms with Crippen molar-refractivity contribution in [2.75, 3.05) is 13.6 Å². The van der Waals surface area contributed by atoms with Crippen LogP contribution in [0.15, 0.2) is 58.0 Å². The number of fused-ring (bicyclic) bond motifs is 1. The number of aromatic nitrogens is 1. The second-order valence-corrected chi connectivity index (χ2v) is 7.42. The van der Waals surface area contributed by atoms with Gasteiger partial charge in [-0.1, -0.05) is 36.4 Å². The normalized spacial score (nSPS) is 12.5. The van der Waals surface area contributed by atoms with Gasteiger partial charge in [0.2, 0.25) is 5.88 Å². The smallest absolute Gasteiger partial charge is 0.228 e. The van der Waals surface area contributed by atoms with Crippen molar-refractivity contribution >= 4 is 38.7 Å². The van der Waals surface area contributed by atoms with E-state index in [1.54, 1.807) is 0 Å². The van der Waals surface area contributed by atoms with E-state index in [0.717, 1.165) is 28.0 Å². The van der Waals surface area contributed by atoms with E-state index in [9.17, 15) is 0 Å². The zero-order chi connectivity index (χ0) is 19.4. The van der Waals surface area contributed by atoms with Crippen molar-refractivity contribution in [1.29, 1.82) is 0 Å². The summed E-state index contributed by atoms with van der Waals surface area (Å²) < 4.78 is 6.94. The van der Waals surface area contributed by atoms with E-state index in [-0.39, 0.29) is 6.10 Å². The lowest BCUT2D eigenvalue weighted by Gasteiger charge is -2.17. The van der Waals surface area contributed by atoms with E-state index in [2.05, 4.69) is 63.2 Å². The number of halogens is 1. The number of hydrogen-bond acceptors (Lipinski definition) is 3. The van der Waals surface area contributed by atoms with E-state index in [4.69, 9.17) is 4.74 Å². The van der Waals surface area contributed by atoms with Gasteiger partial charge in [0.1, 0.15) is 6.10 Å². The van der Waals surface area contributed by atoms with Crippen LogP contribution >= 0.6 is 15.9 Å². The molecule has 0 amide bonds. The van der Waals surface area contributed by atoms with Crippen molar-refractivity contribution < 1.29 is 4.74 Å². The second kappa shape index (κ2) is 8.53. The predicted octanol–water partition coefficient (Wildman–Crippen LogP) is 6.06. The van der Waals surface area contributed by atoms with E-state index < -0.39 is 0 Å². The van der Waals surface area contributed by atoms with E-state index >= 15 is 0 Å². The Morgan fingerprint density at radius 1 is 1.19 bits per heavy atom. The molecule has 0 aliphatic heterocycles. The Morgan fingerprint density at radius 2 is 1.93 bits per heavy atom. The van der Waals surface area contributed by atoms with Gasteiger partial charge in [0.15, 0.2) is 0 Å². The molecule has 0 bridgehead atoms. The molecule has 0 fully saturated rings. The van der Waals surface area contributed by atoms with Gasteiger partial charge in [-0.15, -0.1) is 0 Å². The highest BCUT2D eigenvalue weighted by Gasteiger charge is 2.14. The van der Waals surface area contributed by atoms with Gasteiger partial charge in [-0.05, 0) is 65.2 Å². The van der Waals surface area contributed by atoms with Crippen LogP contribution in [0.1, 0.15) is 31.2 Å². The van der Waals surface area contributed by atoms with Gasteiger partial charge in [0.05, 0.1) is 22.2 Å². The first-order valence-corrected chi connectivity index (χ1v) is 9.84. The summed E-state index contributed by atoms with van der Waals surface area (Å²) in [6.45, 7) is 6.97. The first kappa shape index (κ1) is 19.4. The van der Waals surface area contributed by atoms with Crippen LogP contribution in [0.4, 0.5) is 5.69 Å². The molecule has 0 radical (unpaired) electrons. The molecule has 0 saturated carbocycles. The van der Waals surface area contributed by atoms with E-state index in [0.29, 0.717) is 5.88 Å². The summed E-state index contributed by atoms with van der Waals surface area (Å²) in [4.78, 5) is 11.1. The Balaban J connectivity index is 1.81. The number of hydrogen-bond donors (Lipinski definition) is 0. The van der Waals surface area contributed by atoms with Gasteiger partial charge in [-0.2, -0.15) is 0 Å². The summed E-state index contributed by atoms with van der Waals surface area (Å²) in [5.41, 5.74) is 2.78. The minimum atomic E-state index is -0.113. The lowest BCUT2D eigenvalue weighted by molar-refractivity contribution is 0.215. The predicted molar refractivity (Wildman–Crippen MR) is 116 cm³/mol. The molecular formula is C22H24BrN3O. The first-order valence-electron chi connectivity index (χ1n) is 9.05. The summed E-state index contributed by atoms with van der Waals surface area (Å²) >= 11 is 3.57. The molecule has 140 valence electrons. The molecule has 27 heavy (non-hydrogen) atoms. The second-order valence-electron chi connectivity index (χ2n) is 6.56. The Kier molecular flexibility index (Phi) is 6.11. The van der Waals surface area contributed by atoms with Crippen LogP contribution in [0.25, 0.3) is 10.8 Å². The quantitative estimate of drug-likeness (QED) is 0.355. The van der Waals surface area contributed by atoms with Gasteiger partial charge in [0.25, 0.3) is 0 Å². The highest BCUT2D eigenvalue weighted by Crippen LogP contribution is 2.33. The van der Waals surface area contributed by atoms with E-state index in [1.807, 2.05) is 50.3 Å². The van der Waals surface area contributed by atoms with Crippen molar-refractivity contribution in [3.63, 3.8) is 0 Å². The maximum Gasteiger partial charge on any atom is 0.228 e. The van der Waals surface area contributed by atoms with Crippen LogP contribution < -0.4 is 4.74 Å². The van der Waals surface area contributed by atoms with E-state index in [1.165, 1.54) is 10.8 Å². The molecule has 3 aromatic rings. The number of pyridine rings is 1. The standard InChI is InChI=1S/C22H24BrN3O/c1-5-26(4)14-24-21-13-20(23)22(25-15(21)2)27-16(3)18-11-10-17-8-6-7-9-19(17)12-18/h6-14,16H,5H2,1-4H3. The highest BCUT2D eigenvalue weighted by molar-refractivity contribution is 9.10. The van der Waals surface area contributed by atoms with Crippen molar-refractivity contribution in [1.82, 2.24) is 9.88 Å². The average molecular weight is 426 g/mol. The molecule has 1 aromatic heterocycles. The molecule has 0 aliphatic carbocycles. The fourth-order valence-corrected chi connectivity index (χ4v) is 3.10. The van der Waals surface area contributed by atoms with Gasteiger partial charge < -0.3 is 9.64 Å². The maximum atomic E-state index is 6.14. The molecule has 2 aromatic carbocycles. The summed E-state index contributed by atoms with van der Waals surface area (Å²) in [5.74, 6) is 0.580. The lowest BCUT2D eigenvalue weighted by atomic mass is 10.0. The monoisotopic (exact) mass is 425 g/mol. The molecule has 1 atom stereocenters. The molecule has 4 nitrogen and oxygen atoms in total. The Bertz CT molecular complexity index is 971. The van der Waals surface area contributed by atoms with Crippen LogP contribution in [-0.4, -0.2) is 29.8 Å². The molecule has 5 heteroatoms. The molecule has 3 rings (SSSR count). The first-order chi connectivity index (χ1) is 13.0. The Hall–Kier alpha value is -2.40. The van der Waals surface area contributed by atoms with Crippen LogP contribution in [0.3, 0.4) is 0 Å². The maximum absolute atomic E-state index is 6.14. The third kappa shape index (κ3) is 4.66. The topological polar surface area (TPSA) is 37.7 Å². The van der Waals surface area contributed by atoms with Crippen molar-refractivity contribution in [2.24, 2.45) is 4.99 Å². The van der Waals surface area contributed by atoms with Crippen LogP contribution in [0.5, 0.6) is 5.88 Å². The largest absolute Gasteiger partial charge is 0.469 e. The third-order valence-corrected chi connectivity index (χ3v) is 5.10. The molecule has 1 heterocycles. The minimum absolute atomic E-state index is 0.113. The van der Waals surface area contributed by atoms with Gasteiger partial charge in [0, 0.05) is 13.6 Å². The van der Waals surface area contributed by atoms with Crippen molar-refractivity contribution in [3.05, 3.63) is 64.3 Å². The lowest BCUT2D eigenvalue weighted by Crippen LogP contribution is -2.14. The average Bonchev–Trinajstić information content (AvgIpc) is 2.68. The Labute approximate surface area is 169 Å². The SMILES string of the molecule is CCN(C)C=Nc1cc(Br)c(OC(C)c2ccc3ccccc3c2)nc1C.